The molecule has 1 heterocycles. The molecule has 0 atom stereocenters. The summed E-state index contributed by atoms with van der Waals surface area (Å²) in [6, 6.07) is 5.11. The van der Waals surface area contributed by atoms with Gasteiger partial charge in [0.05, 0.1) is 11.4 Å². The molecule has 1 aliphatic rings. The molecule has 0 amide bonds. The Morgan fingerprint density at radius 1 is 1.23 bits per heavy atom. The number of nitrogen functional groups attached to an aromatic ring is 1. The third-order valence-corrected chi connectivity index (χ3v) is 2.46. The Hall–Kier alpha value is -1.38. The van der Waals surface area contributed by atoms with E-state index in [-0.39, 0.29) is 5.75 Å². The number of hydrogen-bond acceptors (Lipinski definition) is 3. The number of aromatic hydroxyl groups is 1. The van der Waals surface area contributed by atoms with E-state index in [2.05, 4.69) is 4.90 Å². The van der Waals surface area contributed by atoms with Crippen LogP contribution < -0.4 is 10.6 Å². The molecule has 0 unspecified atom stereocenters. The average Bonchev–Trinajstić information content (AvgIpc) is 2.61. The zero-order valence-corrected chi connectivity index (χ0v) is 7.53. The minimum Gasteiger partial charge on any atom is -0.508 e. The number of anilines is 2. The third-order valence-electron chi connectivity index (χ3n) is 2.46. The molecule has 0 saturated carbocycles. The quantitative estimate of drug-likeness (QED) is 0.507. The second kappa shape index (κ2) is 3.17. The number of hydrogen-bond donors (Lipinski definition) is 2. The summed E-state index contributed by atoms with van der Waals surface area (Å²) in [5, 5.41) is 9.32. The molecular weight excluding hydrogens is 164 g/mol. The van der Waals surface area contributed by atoms with Crippen LogP contribution >= 0.6 is 0 Å². The lowest BCUT2D eigenvalue weighted by Gasteiger charge is -2.19. The van der Waals surface area contributed by atoms with Crippen LogP contribution in [0.4, 0.5) is 11.4 Å². The van der Waals surface area contributed by atoms with Gasteiger partial charge >= 0.3 is 0 Å². The van der Waals surface area contributed by atoms with Crippen LogP contribution in [0.15, 0.2) is 18.2 Å². The summed E-state index contributed by atoms with van der Waals surface area (Å²) in [6.07, 6.45) is 2.43. The van der Waals surface area contributed by atoms with Gasteiger partial charge in [-0.25, -0.2) is 0 Å². The van der Waals surface area contributed by atoms with Crippen molar-refractivity contribution in [2.75, 3.05) is 23.7 Å². The lowest BCUT2D eigenvalue weighted by Crippen LogP contribution is -2.18. The van der Waals surface area contributed by atoms with Gasteiger partial charge in [-0.15, -0.1) is 0 Å². The van der Waals surface area contributed by atoms with Gasteiger partial charge in [-0.2, -0.15) is 0 Å². The summed E-state index contributed by atoms with van der Waals surface area (Å²) in [4.78, 5) is 2.22. The normalized spacial score (nSPS) is 16.5. The van der Waals surface area contributed by atoms with Gasteiger partial charge in [0.25, 0.3) is 0 Å². The fraction of sp³-hybridized carbons (Fsp3) is 0.400. The molecule has 1 aromatic carbocycles. The second-order valence-corrected chi connectivity index (χ2v) is 3.44. The van der Waals surface area contributed by atoms with Crippen LogP contribution in [-0.2, 0) is 0 Å². The fourth-order valence-electron chi connectivity index (χ4n) is 1.76. The van der Waals surface area contributed by atoms with Gasteiger partial charge in [-0.3, -0.25) is 0 Å². The van der Waals surface area contributed by atoms with Crippen molar-refractivity contribution < 1.29 is 5.11 Å². The van der Waals surface area contributed by atoms with Gasteiger partial charge in [-0.05, 0) is 25.0 Å². The van der Waals surface area contributed by atoms with Gasteiger partial charge in [-0.1, -0.05) is 0 Å². The molecule has 3 heteroatoms. The van der Waals surface area contributed by atoms with E-state index in [1.54, 1.807) is 18.2 Å². The maximum Gasteiger partial charge on any atom is 0.117 e. The molecule has 0 aromatic heterocycles. The van der Waals surface area contributed by atoms with Gasteiger partial charge in [0, 0.05) is 19.2 Å². The number of nitrogens with two attached hydrogens (primary N) is 1. The highest BCUT2D eigenvalue weighted by atomic mass is 16.3. The van der Waals surface area contributed by atoms with Gasteiger partial charge in [0.2, 0.25) is 0 Å². The largest absolute Gasteiger partial charge is 0.508 e. The number of rotatable bonds is 1. The van der Waals surface area contributed by atoms with Crippen molar-refractivity contribution in [3.05, 3.63) is 18.2 Å². The molecule has 2 rings (SSSR count). The minimum absolute atomic E-state index is 0.288. The summed E-state index contributed by atoms with van der Waals surface area (Å²) in [6.45, 7) is 2.10. The standard InChI is InChI=1S/C10H14N2O/c11-9-4-3-8(13)7-10(9)12-5-1-2-6-12/h3-4,7,13H,1-2,5-6,11H2. The van der Waals surface area contributed by atoms with Gasteiger partial charge < -0.3 is 15.7 Å². The topological polar surface area (TPSA) is 49.5 Å². The van der Waals surface area contributed by atoms with Crippen LogP contribution in [0.25, 0.3) is 0 Å². The van der Waals surface area contributed by atoms with Crippen LogP contribution in [0.3, 0.4) is 0 Å². The monoisotopic (exact) mass is 178 g/mol. The van der Waals surface area contributed by atoms with Crippen LogP contribution in [0.5, 0.6) is 5.75 Å². The van der Waals surface area contributed by atoms with E-state index in [9.17, 15) is 5.11 Å². The summed E-state index contributed by atoms with van der Waals surface area (Å²) in [5.41, 5.74) is 7.54. The zero-order valence-electron chi connectivity index (χ0n) is 7.53. The first kappa shape index (κ1) is 8.23. The van der Waals surface area contributed by atoms with Gasteiger partial charge in [0.15, 0.2) is 0 Å². The summed E-state index contributed by atoms with van der Waals surface area (Å²) in [7, 11) is 0. The van der Waals surface area contributed by atoms with E-state index < -0.39 is 0 Å². The first-order valence-corrected chi connectivity index (χ1v) is 4.61. The van der Waals surface area contributed by atoms with E-state index in [0.717, 1.165) is 24.5 Å². The van der Waals surface area contributed by atoms with Crippen molar-refractivity contribution in [1.29, 1.82) is 0 Å². The fourth-order valence-corrected chi connectivity index (χ4v) is 1.76. The van der Waals surface area contributed by atoms with Crippen LogP contribution in [-0.4, -0.2) is 18.2 Å². The second-order valence-electron chi connectivity index (χ2n) is 3.44. The highest BCUT2D eigenvalue weighted by molar-refractivity contribution is 5.69. The van der Waals surface area contributed by atoms with E-state index in [4.69, 9.17) is 5.73 Å². The lowest BCUT2D eigenvalue weighted by molar-refractivity contribution is 0.475. The number of nitrogens with zero attached hydrogens (tertiary/aromatic N) is 1. The number of benzene rings is 1. The Kier molecular flexibility index (Phi) is 2.00. The van der Waals surface area contributed by atoms with Crippen molar-refractivity contribution in [2.45, 2.75) is 12.8 Å². The molecule has 1 fully saturated rings. The molecule has 0 bridgehead atoms. The Balaban J connectivity index is 2.32. The van der Waals surface area contributed by atoms with Crippen molar-refractivity contribution in [2.24, 2.45) is 0 Å². The van der Waals surface area contributed by atoms with Crippen molar-refractivity contribution in [3.63, 3.8) is 0 Å². The van der Waals surface area contributed by atoms with Gasteiger partial charge in [0.1, 0.15) is 5.75 Å². The molecule has 1 aromatic rings. The first-order valence-electron chi connectivity index (χ1n) is 4.61. The predicted octanol–water partition coefficient (Wildman–Crippen LogP) is 1.57. The maximum absolute atomic E-state index is 9.32. The van der Waals surface area contributed by atoms with Crippen molar-refractivity contribution in [3.8, 4) is 5.75 Å². The number of phenolic OH excluding ortho intramolecular Hbond substituents is 1. The summed E-state index contributed by atoms with van der Waals surface area (Å²) in [5.74, 6) is 0.288. The van der Waals surface area contributed by atoms with E-state index in [1.807, 2.05) is 0 Å². The Bertz CT molecular complexity index is 306. The molecule has 1 saturated heterocycles. The van der Waals surface area contributed by atoms with Crippen LogP contribution in [0.1, 0.15) is 12.8 Å². The lowest BCUT2D eigenvalue weighted by atomic mass is 10.2. The molecule has 13 heavy (non-hydrogen) atoms. The molecule has 70 valence electrons. The highest BCUT2D eigenvalue weighted by Gasteiger charge is 2.14. The minimum atomic E-state index is 0.288. The molecule has 0 spiro atoms. The zero-order chi connectivity index (χ0) is 9.26. The average molecular weight is 178 g/mol. The third kappa shape index (κ3) is 1.54. The molecule has 0 aliphatic carbocycles. The molecule has 1 aliphatic heterocycles. The van der Waals surface area contributed by atoms with Crippen LogP contribution in [0.2, 0.25) is 0 Å². The predicted molar refractivity (Wildman–Crippen MR) is 54.0 cm³/mol. The SMILES string of the molecule is Nc1ccc(O)cc1N1CCCC1. The van der Waals surface area contributed by atoms with Crippen molar-refractivity contribution >= 4 is 11.4 Å². The summed E-state index contributed by atoms with van der Waals surface area (Å²) >= 11 is 0. The number of phenols is 1. The van der Waals surface area contributed by atoms with Crippen molar-refractivity contribution in [1.82, 2.24) is 0 Å². The highest BCUT2D eigenvalue weighted by Crippen LogP contribution is 2.29. The smallest absolute Gasteiger partial charge is 0.117 e. The van der Waals surface area contributed by atoms with Crippen LogP contribution in [0, 0.1) is 0 Å². The summed E-state index contributed by atoms with van der Waals surface area (Å²) < 4.78 is 0. The van der Waals surface area contributed by atoms with E-state index >= 15 is 0 Å². The first-order chi connectivity index (χ1) is 6.27. The molecule has 3 nitrogen and oxygen atoms in total. The van der Waals surface area contributed by atoms with E-state index in [1.165, 1.54) is 12.8 Å². The van der Waals surface area contributed by atoms with E-state index in [0.29, 0.717) is 0 Å². The maximum atomic E-state index is 9.32. The Labute approximate surface area is 77.8 Å². The molecule has 3 N–H and O–H groups in total. The molecular formula is C10H14N2O. The molecule has 0 radical (unpaired) electrons. The Morgan fingerprint density at radius 3 is 2.62 bits per heavy atom. The Morgan fingerprint density at radius 2 is 1.92 bits per heavy atom.